The Bertz CT molecular complexity index is 978. The second-order valence-corrected chi connectivity index (χ2v) is 6.42. The Kier molecular flexibility index (Phi) is 5.58. The molecule has 0 atom stereocenters. The molecule has 4 nitrogen and oxygen atoms in total. The second kappa shape index (κ2) is 7.92. The fraction of sp³-hybridized carbons (Fsp3) is 0.250. The third-order valence-corrected chi connectivity index (χ3v) is 4.23. The zero-order valence-electron chi connectivity index (χ0n) is 15.0. The lowest BCUT2D eigenvalue weighted by Crippen LogP contribution is -2.24. The summed E-state index contributed by atoms with van der Waals surface area (Å²) in [5, 5.41) is 3.42. The van der Waals surface area contributed by atoms with Gasteiger partial charge in [-0.15, -0.1) is 0 Å². The molecule has 1 heterocycles. The smallest absolute Gasteiger partial charge is 0.422 e. The van der Waals surface area contributed by atoms with Crippen LogP contribution in [0.15, 0.2) is 42.5 Å². The largest absolute Gasteiger partial charge is 0.484 e. The van der Waals surface area contributed by atoms with Crippen LogP contribution in [0.5, 0.6) is 5.75 Å². The second-order valence-electron chi connectivity index (χ2n) is 6.42. The number of alkyl halides is 3. The van der Waals surface area contributed by atoms with E-state index in [0.29, 0.717) is 5.39 Å². The van der Waals surface area contributed by atoms with E-state index in [2.05, 4.69) is 15.0 Å². The average Bonchev–Trinajstić information content (AvgIpc) is 2.93. The number of aryl methyl sites for hydroxylation is 1. The maximum atomic E-state index is 13.5. The zero-order valence-corrected chi connectivity index (χ0v) is 15.0. The van der Waals surface area contributed by atoms with Gasteiger partial charge in [0.15, 0.2) is 6.61 Å². The molecule has 0 unspecified atom stereocenters. The molecule has 0 saturated carbocycles. The Hall–Kier alpha value is -3.03. The molecule has 0 bridgehead atoms. The number of nitrogens with one attached hydrogen (secondary N) is 2. The lowest BCUT2D eigenvalue weighted by Gasteiger charge is -2.10. The molecule has 0 radical (unpaired) electrons. The highest BCUT2D eigenvalue weighted by Gasteiger charge is 2.28. The van der Waals surface area contributed by atoms with E-state index in [4.69, 9.17) is 0 Å². The van der Waals surface area contributed by atoms with Crippen LogP contribution in [-0.2, 0) is 17.8 Å². The maximum Gasteiger partial charge on any atom is 0.422 e. The third-order valence-electron chi connectivity index (χ3n) is 4.23. The molecule has 2 N–H and O–H groups in total. The molecular formula is C20H18F4N2O2. The molecule has 0 saturated heterocycles. The number of halogens is 4. The highest BCUT2D eigenvalue weighted by molar-refractivity contribution is 5.90. The molecule has 0 aliphatic rings. The van der Waals surface area contributed by atoms with Crippen molar-refractivity contribution in [1.29, 1.82) is 0 Å². The third kappa shape index (κ3) is 5.03. The van der Waals surface area contributed by atoms with Gasteiger partial charge in [0.05, 0.1) is 6.42 Å². The highest BCUT2D eigenvalue weighted by atomic mass is 19.4. The lowest BCUT2D eigenvalue weighted by molar-refractivity contribution is -0.153. The van der Waals surface area contributed by atoms with Gasteiger partial charge in [-0.05, 0) is 48.4 Å². The van der Waals surface area contributed by atoms with Crippen molar-refractivity contribution in [1.82, 2.24) is 10.3 Å². The highest BCUT2D eigenvalue weighted by Crippen LogP contribution is 2.23. The molecule has 2 aromatic carbocycles. The number of fused-ring (bicyclic) bond motifs is 1. The quantitative estimate of drug-likeness (QED) is 0.609. The predicted molar refractivity (Wildman–Crippen MR) is 96.5 cm³/mol. The number of aromatic amines is 1. The average molecular weight is 394 g/mol. The fourth-order valence-corrected chi connectivity index (χ4v) is 2.87. The number of aromatic nitrogens is 1. The first-order valence-corrected chi connectivity index (χ1v) is 8.53. The standard InChI is InChI=1S/C20H18F4N2O2/c1-12-16(17-8-14(21)4-7-18(17)26-12)9-19(27)25-10-13-2-5-15(6-3-13)28-11-20(22,23)24/h2-8,26H,9-11H2,1H3,(H,25,27). The van der Waals surface area contributed by atoms with Gasteiger partial charge in [-0.25, -0.2) is 4.39 Å². The summed E-state index contributed by atoms with van der Waals surface area (Å²) in [5.41, 5.74) is 3.00. The molecule has 148 valence electrons. The summed E-state index contributed by atoms with van der Waals surface area (Å²) in [7, 11) is 0. The van der Waals surface area contributed by atoms with Crippen molar-refractivity contribution >= 4 is 16.8 Å². The molecule has 0 aliphatic carbocycles. The predicted octanol–water partition coefficient (Wildman–Crippen LogP) is 4.42. The summed E-state index contributed by atoms with van der Waals surface area (Å²) in [4.78, 5) is 15.4. The normalized spacial score (nSPS) is 11.6. The Labute approximate surface area is 158 Å². The van der Waals surface area contributed by atoms with E-state index >= 15 is 0 Å². The molecule has 1 amide bonds. The van der Waals surface area contributed by atoms with Crippen LogP contribution in [0.3, 0.4) is 0 Å². The van der Waals surface area contributed by atoms with E-state index in [1.807, 2.05) is 6.92 Å². The van der Waals surface area contributed by atoms with Crippen molar-refractivity contribution in [2.24, 2.45) is 0 Å². The van der Waals surface area contributed by atoms with Gasteiger partial charge in [0.25, 0.3) is 0 Å². The SMILES string of the molecule is Cc1[nH]c2ccc(F)cc2c1CC(=O)NCc1ccc(OCC(F)(F)F)cc1. The Morgan fingerprint density at radius 3 is 2.54 bits per heavy atom. The molecule has 1 aromatic heterocycles. The Balaban J connectivity index is 1.58. The van der Waals surface area contributed by atoms with Crippen molar-refractivity contribution in [3.8, 4) is 5.75 Å². The van der Waals surface area contributed by atoms with Crippen LogP contribution in [-0.4, -0.2) is 23.7 Å². The van der Waals surface area contributed by atoms with E-state index < -0.39 is 12.8 Å². The van der Waals surface area contributed by atoms with Crippen LogP contribution in [0.25, 0.3) is 10.9 Å². The van der Waals surface area contributed by atoms with Gasteiger partial charge in [-0.1, -0.05) is 12.1 Å². The van der Waals surface area contributed by atoms with Crippen molar-refractivity contribution < 1.29 is 27.1 Å². The number of hydrogen-bond acceptors (Lipinski definition) is 2. The van der Waals surface area contributed by atoms with Crippen molar-refractivity contribution in [3.05, 3.63) is 65.1 Å². The van der Waals surface area contributed by atoms with Gasteiger partial charge in [0.1, 0.15) is 11.6 Å². The monoisotopic (exact) mass is 394 g/mol. The lowest BCUT2D eigenvalue weighted by atomic mass is 10.1. The number of carbonyl (C=O) groups excluding carboxylic acids is 1. The van der Waals surface area contributed by atoms with Gasteiger partial charge in [0.2, 0.25) is 5.91 Å². The van der Waals surface area contributed by atoms with Crippen molar-refractivity contribution in [3.63, 3.8) is 0 Å². The number of benzene rings is 2. The van der Waals surface area contributed by atoms with E-state index in [0.717, 1.165) is 22.3 Å². The van der Waals surface area contributed by atoms with Gasteiger partial charge in [-0.3, -0.25) is 4.79 Å². The topological polar surface area (TPSA) is 54.1 Å². The molecular weight excluding hydrogens is 376 g/mol. The van der Waals surface area contributed by atoms with Gasteiger partial charge in [0, 0.05) is 23.1 Å². The first kappa shape index (κ1) is 19.7. The van der Waals surface area contributed by atoms with E-state index in [9.17, 15) is 22.4 Å². The minimum Gasteiger partial charge on any atom is -0.484 e. The summed E-state index contributed by atoms with van der Waals surface area (Å²) >= 11 is 0. The first-order chi connectivity index (χ1) is 13.2. The zero-order chi connectivity index (χ0) is 20.3. The van der Waals surface area contributed by atoms with Crippen molar-refractivity contribution in [2.45, 2.75) is 26.1 Å². The molecule has 28 heavy (non-hydrogen) atoms. The summed E-state index contributed by atoms with van der Waals surface area (Å²) in [6.45, 7) is 0.683. The summed E-state index contributed by atoms with van der Waals surface area (Å²) in [5.74, 6) is -0.518. The molecule has 0 aliphatic heterocycles. The number of amides is 1. The number of ether oxygens (including phenoxy) is 1. The Morgan fingerprint density at radius 2 is 1.86 bits per heavy atom. The van der Waals surface area contributed by atoms with Gasteiger partial charge in [-0.2, -0.15) is 13.2 Å². The van der Waals surface area contributed by atoms with Crippen LogP contribution < -0.4 is 10.1 Å². The van der Waals surface area contributed by atoms with Crippen LogP contribution in [0.1, 0.15) is 16.8 Å². The van der Waals surface area contributed by atoms with E-state index in [1.165, 1.54) is 24.3 Å². The van der Waals surface area contributed by atoms with Crippen LogP contribution in [0, 0.1) is 12.7 Å². The number of H-pyrrole nitrogens is 1. The van der Waals surface area contributed by atoms with E-state index in [-0.39, 0.29) is 30.4 Å². The van der Waals surface area contributed by atoms with Crippen LogP contribution in [0.4, 0.5) is 17.6 Å². The summed E-state index contributed by atoms with van der Waals surface area (Å²) in [6.07, 6.45) is -4.31. The number of hydrogen-bond donors (Lipinski definition) is 2. The fourth-order valence-electron chi connectivity index (χ4n) is 2.87. The summed E-state index contributed by atoms with van der Waals surface area (Å²) < 4.78 is 54.6. The van der Waals surface area contributed by atoms with Crippen LogP contribution >= 0.6 is 0 Å². The number of carbonyl (C=O) groups is 1. The van der Waals surface area contributed by atoms with E-state index in [1.54, 1.807) is 18.2 Å². The molecule has 0 spiro atoms. The van der Waals surface area contributed by atoms with Gasteiger partial charge < -0.3 is 15.0 Å². The van der Waals surface area contributed by atoms with Crippen molar-refractivity contribution in [2.75, 3.05) is 6.61 Å². The van der Waals surface area contributed by atoms with Crippen LogP contribution in [0.2, 0.25) is 0 Å². The maximum absolute atomic E-state index is 13.5. The number of rotatable bonds is 6. The minimum atomic E-state index is -4.39. The molecule has 3 rings (SSSR count). The Morgan fingerprint density at radius 1 is 1.14 bits per heavy atom. The summed E-state index contributed by atoms with van der Waals surface area (Å²) in [6, 6.07) is 10.4. The molecule has 8 heteroatoms. The first-order valence-electron chi connectivity index (χ1n) is 8.53. The van der Waals surface area contributed by atoms with Gasteiger partial charge >= 0.3 is 6.18 Å². The molecule has 3 aromatic rings. The molecule has 0 fully saturated rings. The minimum absolute atomic E-state index is 0.0854.